The first-order valence-corrected chi connectivity index (χ1v) is 7.10. The molecule has 0 aliphatic rings. The molecule has 0 fully saturated rings. The number of carbonyl (C=O) groups is 1. The van der Waals surface area contributed by atoms with Gasteiger partial charge in [-0.05, 0) is 32.4 Å². The molecule has 21 heavy (non-hydrogen) atoms. The summed E-state index contributed by atoms with van der Waals surface area (Å²) in [5, 5.41) is 7.94. The van der Waals surface area contributed by atoms with Crippen molar-refractivity contribution in [2.24, 2.45) is 0 Å². The van der Waals surface area contributed by atoms with Crippen molar-refractivity contribution < 1.29 is 4.79 Å². The van der Waals surface area contributed by atoms with Gasteiger partial charge < -0.3 is 5.32 Å². The number of aromatic nitrogens is 2. The van der Waals surface area contributed by atoms with Crippen LogP contribution in [-0.2, 0) is 6.42 Å². The zero-order valence-electron chi connectivity index (χ0n) is 12.2. The highest BCUT2D eigenvalue weighted by molar-refractivity contribution is 6.33. The van der Waals surface area contributed by atoms with Gasteiger partial charge in [0.15, 0.2) is 0 Å². The molecular formula is C16H18ClN3O. The number of rotatable bonds is 5. The van der Waals surface area contributed by atoms with E-state index in [1.807, 2.05) is 38.1 Å². The number of nitrogens with zero attached hydrogens (tertiary/aromatic N) is 2. The van der Waals surface area contributed by atoms with Gasteiger partial charge >= 0.3 is 0 Å². The van der Waals surface area contributed by atoms with Crippen molar-refractivity contribution in [3.8, 4) is 0 Å². The number of para-hydroxylation sites is 1. The number of aryl methyl sites for hydroxylation is 1. The fourth-order valence-electron chi connectivity index (χ4n) is 2.21. The summed E-state index contributed by atoms with van der Waals surface area (Å²) in [5.74, 6) is -0.120. The Kier molecular flexibility index (Phi) is 4.81. The van der Waals surface area contributed by atoms with E-state index >= 15 is 0 Å². The molecular weight excluding hydrogens is 286 g/mol. The van der Waals surface area contributed by atoms with Crippen molar-refractivity contribution in [2.45, 2.75) is 20.3 Å². The number of halogens is 1. The maximum atomic E-state index is 12.3. The van der Waals surface area contributed by atoms with Crippen molar-refractivity contribution in [3.63, 3.8) is 0 Å². The summed E-state index contributed by atoms with van der Waals surface area (Å²) in [4.78, 5) is 12.3. The van der Waals surface area contributed by atoms with Crippen molar-refractivity contribution in [3.05, 3.63) is 58.9 Å². The molecule has 4 nitrogen and oxygen atoms in total. The Labute approximate surface area is 129 Å². The predicted octanol–water partition coefficient (Wildman–Crippen LogP) is 3.63. The second kappa shape index (κ2) is 6.59. The van der Waals surface area contributed by atoms with E-state index in [-0.39, 0.29) is 12.5 Å². The van der Waals surface area contributed by atoms with Crippen LogP contribution in [0, 0.1) is 13.8 Å². The molecule has 0 aliphatic carbocycles. The summed E-state index contributed by atoms with van der Waals surface area (Å²) in [6.45, 7) is 7.66. The number of allylic oxidation sites excluding steroid dienone is 1. The maximum Gasteiger partial charge on any atom is 0.266 e. The average Bonchev–Trinajstić information content (AvgIpc) is 2.75. The lowest BCUT2D eigenvalue weighted by atomic mass is 10.1. The Hall–Kier alpha value is -2.07. The fourth-order valence-corrected chi connectivity index (χ4v) is 2.41. The summed E-state index contributed by atoms with van der Waals surface area (Å²) in [6, 6.07) is 7.32. The van der Waals surface area contributed by atoms with Gasteiger partial charge in [0.2, 0.25) is 0 Å². The summed E-state index contributed by atoms with van der Waals surface area (Å²) in [6.07, 6.45) is 2.52. The van der Waals surface area contributed by atoms with Crippen LogP contribution in [-0.4, -0.2) is 22.2 Å². The van der Waals surface area contributed by atoms with E-state index in [1.165, 1.54) is 4.68 Å². The molecule has 1 heterocycles. The predicted molar refractivity (Wildman–Crippen MR) is 86.2 cm³/mol. The SMILES string of the molecule is C=CCc1c(C)nn(C(=O)CNc2ccccc2Cl)c1C. The average molecular weight is 304 g/mol. The number of anilines is 1. The Bertz CT molecular complexity index is 676. The quantitative estimate of drug-likeness (QED) is 0.858. The largest absolute Gasteiger partial charge is 0.375 e. The van der Waals surface area contributed by atoms with E-state index < -0.39 is 0 Å². The minimum atomic E-state index is -0.120. The Morgan fingerprint density at radius 1 is 1.43 bits per heavy atom. The highest BCUT2D eigenvalue weighted by Crippen LogP contribution is 2.20. The van der Waals surface area contributed by atoms with Gasteiger partial charge in [-0.25, -0.2) is 4.68 Å². The first-order valence-electron chi connectivity index (χ1n) is 6.72. The molecule has 0 bridgehead atoms. The molecule has 0 spiro atoms. The number of benzene rings is 1. The zero-order valence-corrected chi connectivity index (χ0v) is 12.9. The molecule has 110 valence electrons. The number of hydrogen-bond acceptors (Lipinski definition) is 3. The van der Waals surface area contributed by atoms with E-state index in [9.17, 15) is 4.79 Å². The summed E-state index contributed by atoms with van der Waals surface area (Å²) in [7, 11) is 0. The van der Waals surface area contributed by atoms with Gasteiger partial charge in [-0.2, -0.15) is 5.10 Å². The number of nitrogens with one attached hydrogen (secondary N) is 1. The first kappa shape index (κ1) is 15.3. The van der Waals surface area contributed by atoms with Gasteiger partial charge in [0, 0.05) is 11.3 Å². The normalized spacial score (nSPS) is 10.4. The molecule has 0 radical (unpaired) electrons. The lowest BCUT2D eigenvalue weighted by Gasteiger charge is -2.08. The Balaban J connectivity index is 2.12. The smallest absolute Gasteiger partial charge is 0.266 e. The molecule has 0 saturated carbocycles. The molecule has 2 rings (SSSR count). The third-order valence-electron chi connectivity index (χ3n) is 3.33. The molecule has 1 N–H and O–H groups in total. The highest BCUT2D eigenvalue weighted by Gasteiger charge is 2.15. The minimum absolute atomic E-state index is 0.120. The molecule has 0 saturated heterocycles. The lowest BCUT2D eigenvalue weighted by molar-refractivity contribution is 0.0910. The number of carbonyl (C=O) groups excluding carboxylic acids is 1. The summed E-state index contributed by atoms with van der Waals surface area (Å²) in [5.41, 5.74) is 3.51. The van der Waals surface area contributed by atoms with Gasteiger partial charge in [-0.15, -0.1) is 6.58 Å². The van der Waals surface area contributed by atoms with Gasteiger partial charge in [-0.3, -0.25) is 4.79 Å². The summed E-state index contributed by atoms with van der Waals surface area (Å²) >= 11 is 6.05. The molecule has 2 aromatic rings. The molecule has 0 atom stereocenters. The fraction of sp³-hybridized carbons (Fsp3) is 0.250. The van der Waals surface area contributed by atoms with Crippen LogP contribution in [0.15, 0.2) is 36.9 Å². The number of hydrogen-bond donors (Lipinski definition) is 1. The van der Waals surface area contributed by atoms with E-state index in [0.29, 0.717) is 11.4 Å². The van der Waals surface area contributed by atoms with Crippen LogP contribution in [0.25, 0.3) is 0 Å². The zero-order chi connectivity index (χ0) is 15.4. The first-order chi connectivity index (χ1) is 10.0. The van der Waals surface area contributed by atoms with E-state index in [0.717, 1.165) is 22.6 Å². The van der Waals surface area contributed by atoms with Crippen LogP contribution in [0.3, 0.4) is 0 Å². The van der Waals surface area contributed by atoms with E-state index in [1.54, 1.807) is 6.07 Å². The third kappa shape index (κ3) is 3.34. The van der Waals surface area contributed by atoms with Crippen LogP contribution in [0.4, 0.5) is 5.69 Å². The van der Waals surface area contributed by atoms with Crippen molar-refractivity contribution in [2.75, 3.05) is 11.9 Å². The third-order valence-corrected chi connectivity index (χ3v) is 3.66. The van der Waals surface area contributed by atoms with Crippen LogP contribution in [0.5, 0.6) is 0 Å². The lowest BCUT2D eigenvalue weighted by Crippen LogP contribution is -2.23. The molecule has 1 aromatic carbocycles. The Morgan fingerprint density at radius 3 is 2.81 bits per heavy atom. The van der Waals surface area contributed by atoms with E-state index in [4.69, 9.17) is 11.6 Å². The van der Waals surface area contributed by atoms with Gasteiger partial charge in [0.1, 0.15) is 0 Å². The maximum absolute atomic E-state index is 12.3. The van der Waals surface area contributed by atoms with Crippen molar-refractivity contribution in [1.82, 2.24) is 9.78 Å². The van der Waals surface area contributed by atoms with Crippen LogP contribution in [0.2, 0.25) is 5.02 Å². The minimum Gasteiger partial charge on any atom is -0.375 e. The standard InChI is InChI=1S/C16H18ClN3O/c1-4-7-13-11(2)19-20(12(13)3)16(21)10-18-15-9-6-5-8-14(15)17/h4-6,8-9,18H,1,7,10H2,2-3H3. The highest BCUT2D eigenvalue weighted by atomic mass is 35.5. The molecule has 0 amide bonds. The van der Waals surface area contributed by atoms with Crippen molar-refractivity contribution >= 4 is 23.2 Å². The van der Waals surface area contributed by atoms with Crippen molar-refractivity contribution in [1.29, 1.82) is 0 Å². The molecule has 5 heteroatoms. The van der Waals surface area contributed by atoms with Gasteiger partial charge in [-0.1, -0.05) is 29.8 Å². The van der Waals surface area contributed by atoms with Gasteiger partial charge in [0.25, 0.3) is 5.91 Å². The van der Waals surface area contributed by atoms with Crippen LogP contribution < -0.4 is 5.32 Å². The molecule has 0 unspecified atom stereocenters. The van der Waals surface area contributed by atoms with Crippen LogP contribution >= 0.6 is 11.6 Å². The summed E-state index contributed by atoms with van der Waals surface area (Å²) < 4.78 is 1.44. The topological polar surface area (TPSA) is 46.9 Å². The molecule has 0 aliphatic heterocycles. The second-order valence-electron chi connectivity index (χ2n) is 4.78. The second-order valence-corrected chi connectivity index (χ2v) is 5.19. The monoisotopic (exact) mass is 303 g/mol. The Morgan fingerprint density at radius 2 is 2.14 bits per heavy atom. The van der Waals surface area contributed by atoms with E-state index in [2.05, 4.69) is 17.0 Å². The van der Waals surface area contributed by atoms with Gasteiger partial charge in [0.05, 0.1) is 22.9 Å². The van der Waals surface area contributed by atoms with Crippen LogP contribution in [0.1, 0.15) is 21.7 Å². The molecule has 1 aromatic heterocycles.